The third kappa shape index (κ3) is 4.68. The number of hydrogen-bond acceptors (Lipinski definition) is 5. The van der Waals surface area contributed by atoms with Crippen LogP contribution in [0.15, 0.2) is 18.3 Å². The van der Waals surface area contributed by atoms with Gasteiger partial charge in [0.05, 0.1) is 7.11 Å². The smallest absolute Gasteiger partial charge is 0.212 e. The van der Waals surface area contributed by atoms with E-state index in [4.69, 9.17) is 10.5 Å². The molecule has 1 aromatic heterocycles. The van der Waals surface area contributed by atoms with Gasteiger partial charge in [-0.25, -0.2) is 4.98 Å². The first-order valence-electron chi connectivity index (χ1n) is 5.75. The molecule has 3 N–H and O–H groups in total. The second-order valence-electron chi connectivity index (χ2n) is 4.18. The monoisotopic (exact) mass is 238 g/mol. The molecule has 0 spiro atoms. The molecule has 1 atom stereocenters. The van der Waals surface area contributed by atoms with E-state index in [2.05, 4.69) is 15.2 Å². The molecule has 0 aliphatic rings. The Hall–Kier alpha value is -1.17. The van der Waals surface area contributed by atoms with Gasteiger partial charge in [0.25, 0.3) is 0 Å². The lowest BCUT2D eigenvalue weighted by atomic mass is 10.1. The van der Waals surface area contributed by atoms with E-state index in [0.29, 0.717) is 12.4 Å². The van der Waals surface area contributed by atoms with Crippen molar-refractivity contribution in [3.8, 4) is 5.88 Å². The Morgan fingerprint density at radius 2 is 2.24 bits per heavy atom. The van der Waals surface area contributed by atoms with E-state index in [1.807, 2.05) is 26.2 Å². The van der Waals surface area contributed by atoms with Crippen molar-refractivity contribution in [3.05, 3.63) is 23.9 Å². The van der Waals surface area contributed by atoms with Gasteiger partial charge in [0.15, 0.2) is 0 Å². The number of aromatic nitrogens is 1. The number of nitrogens with one attached hydrogen (secondary N) is 1. The van der Waals surface area contributed by atoms with Crippen LogP contribution in [0.4, 0.5) is 0 Å². The van der Waals surface area contributed by atoms with Crippen LogP contribution >= 0.6 is 0 Å². The molecule has 1 unspecified atom stereocenters. The standard InChI is InChI=1S/C12H22N4O/c1-16(2)7-6-14-11(8-13)10-4-5-12(17-3)15-9-10/h4-5,9,11,14H,6-8,13H2,1-3H3. The molecule has 0 radical (unpaired) electrons. The van der Waals surface area contributed by atoms with Gasteiger partial charge in [0.2, 0.25) is 5.88 Å². The molecule has 0 fully saturated rings. The van der Waals surface area contributed by atoms with Crippen molar-refractivity contribution in [2.45, 2.75) is 6.04 Å². The average molecular weight is 238 g/mol. The predicted octanol–water partition coefficient (Wildman–Crippen LogP) is 0.241. The zero-order valence-electron chi connectivity index (χ0n) is 10.8. The van der Waals surface area contributed by atoms with Crippen LogP contribution in [-0.2, 0) is 0 Å². The van der Waals surface area contributed by atoms with E-state index in [9.17, 15) is 0 Å². The zero-order valence-corrected chi connectivity index (χ0v) is 10.8. The van der Waals surface area contributed by atoms with Crippen molar-refractivity contribution in [1.29, 1.82) is 0 Å². The van der Waals surface area contributed by atoms with Crippen molar-refractivity contribution in [1.82, 2.24) is 15.2 Å². The maximum absolute atomic E-state index is 5.76. The largest absolute Gasteiger partial charge is 0.481 e. The highest BCUT2D eigenvalue weighted by Gasteiger charge is 2.09. The lowest BCUT2D eigenvalue weighted by Gasteiger charge is -2.18. The molecule has 5 heteroatoms. The number of nitrogens with two attached hydrogens (primary N) is 1. The van der Waals surface area contributed by atoms with Crippen molar-refractivity contribution >= 4 is 0 Å². The Bertz CT molecular complexity index is 313. The fourth-order valence-corrected chi connectivity index (χ4v) is 1.52. The molecule has 17 heavy (non-hydrogen) atoms. The summed E-state index contributed by atoms with van der Waals surface area (Å²) >= 11 is 0. The highest BCUT2D eigenvalue weighted by atomic mass is 16.5. The SMILES string of the molecule is COc1ccc(C(CN)NCCN(C)C)cn1. The van der Waals surface area contributed by atoms with Gasteiger partial charge < -0.3 is 20.7 Å². The molecule has 5 nitrogen and oxygen atoms in total. The Morgan fingerprint density at radius 1 is 1.47 bits per heavy atom. The van der Waals surface area contributed by atoms with Crippen LogP contribution < -0.4 is 15.8 Å². The van der Waals surface area contributed by atoms with Crippen LogP contribution in [0.1, 0.15) is 11.6 Å². The van der Waals surface area contributed by atoms with Gasteiger partial charge in [-0.05, 0) is 19.7 Å². The number of methoxy groups -OCH3 is 1. The average Bonchev–Trinajstić information content (AvgIpc) is 2.34. The topological polar surface area (TPSA) is 63.4 Å². The van der Waals surface area contributed by atoms with Crippen molar-refractivity contribution in [2.75, 3.05) is 40.8 Å². The molecule has 0 bridgehead atoms. The maximum Gasteiger partial charge on any atom is 0.212 e. The van der Waals surface area contributed by atoms with E-state index in [1.54, 1.807) is 13.3 Å². The van der Waals surface area contributed by atoms with Crippen LogP contribution in [0.5, 0.6) is 5.88 Å². The van der Waals surface area contributed by atoms with E-state index < -0.39 is 0 Å². The minimum atomic E-state index is 0.147. The minimum Gasteiger partial charge on any atom is -0.481 e. The Labute approximate surface area is 103 Å². The summed E-state index contributed by atoms with van der Waals surface area (Å²) in [4.78, 5) is 6.31. The third-order valence-corrected chi connectivity index (χ3v) is 2.56. The van der Waals surface area contributed by atoms with E-state index in [-0.39, 0.29) is 6.04 Å². The molecule has 0 amide bonds. The first kappa shape index (κ1) is 13.9. The Kier molecular flexibility index (Phi) is 5.90. The molecule has 96 valence electrons. The summed E-state index contributed by atoms with van der Waals surface area (Å²) in [5, 5.41) is 3.41. The minimum absolute atomic E-state index is 0.147. The van der Waals surface area contributed by atoms with Gasteiger partial charge in [-0.15, -0.1) is 0 Å². The first-order valence-corrected chi connectivity index (χ1v) is 5.75. The van der Waals surface area contributed by atoms with Crippen LogP contribution in [0.25, 0.3) is 0 Å². The van der Waals surface area contributed by atoms with Gasteiger partial charge in [-0.3, -0.25) is 0 Å². The highest BCUT2D eigenvalue weighted by molar-refractivity contribution is 5.21. The quantitative estimate of drug-likeness (QED) is 0.712. The lowest BCUT2D eigenvalue weighted by Crippen LogP contribution is -2.33. The molecule has 0 aromatic carbocycles. The summed E-state index contributed by atoms with van der Waals surface area (Å²) in [7, 11) is 5.71. The van der Waals surface area contributed by atoms with Crippen molar-refractivity contribution in [2.24, 2.45) is 5.73 Å². The second kappa shape index (κ2) is 7.21. The second-order valence-corrected chi connectivity index (χ2v) is 4.18. The fraction of sp³-hybridized carbons (Fsp3) is 0.583. The van der Waals surface area contributed by atoms with Gasteiger partial charge in [0, 0.05) is 37.9 Å². The van der Waals surface area contributed by atoms with Crippen molar-refractivity contribution in [3.63, 3.8) is 0 Å². The Balaban J connectivity index is 2.53. The zero-order chi connectivity index (χ0) is 12.7. The Morgan fingerprint density at radius 3 is 2.71 bits per heavy atom. The molecule has 1 heterocycles. The normalized spacial score (nSPS) is 12.8. The first-order chi connectivity index (χ1) is 8.17. The summed E-state index contributed by atoms with van der Waals surface area (Å²) in [5.41, 5.74) is 6.85. The predicted molar refractivity (Wildman–Crippen MR) is 69.1 cm³/mol. The van der Waals surface area contributed by atoms with E-state index in [1.165, 1.54) is 0 Å². The van der Waals surface area contributed by atoms with Gasteiger partial charge in [-0.1, -0.05) is 6.07 Å². The van der Waals surface area contributed by atoms with Crippen molar-refractivity contribution < 1.29 is 4.74 Å². The van der Waals surface area contributed by atoms with Crippen LogP contribution in [0, 0.1) is 0 Å². The van der Waals surface area contributed by atoms with Crippen LogP contribution in [0.3, 0.4) is 0 Å². The summed E-state index contributed by atoms with van der Waals surface area (Å²) in [6.45, 7) is 2.45. The van der Waals surface area contributed by atoms with Gasteiger partial charge in [-0.2, -0.15) is 0 Å². The van der Waals surface area contributed by atoms with Crippen LogP contribution in [0.2, 0.25) is 0 Å². The number of nitrogens with zero attached hydrogens (tertiary/aromatic N) is 2. The molecular formula is C12H22N4O. The third-order valence-electron chi connectivity index (χ3n) is 2.56. The number of likely N-dealkylation sites (N-methyl/N-ethyl adjacent to an activating group) is 1. The maximum atomic E-state index is 5.76. The highest BCUT2D eigenvalue weighted by Crippen LogP contribution is 2.13. The molecule has 0 aliphatic carbocycles. The molecular weight excluding hydrogens is 216 g/mol. The summed E-state index contributed by atoms with van der Waals surface area (Å²) < 4.78 is 5.03. The van der Waals surface area contributed by atoms with E-state index >= 15 is 0 Å². The van der Waals surface area contributed by atoms with Gasteiger partial charge in [0.1, 0.15) is 0 Å². The number of rotatable bonds is 7. The summed E-state index contributed by atoms with van der Waals surface area (Å²) in [6.07, 6.45) is 1.80. The summed E-state index contributed by atoms with van der Waals surface area (Å²) in [6, 6.07) is 3.99. The molecule has 0 saturated heterocycles. The lowest BCUT2D eigenvalue weighted by molar-refractivity contribution is 0.384. The van der Waals surface area contributed by atoms with Gasteiger partial charge >= 0.3 is 0 Å². The number of pyridine rings is 1. The van der Waals surface area contributed by atoms with E-state index in [0.717, 1.165) is 18.7 Å². The fourth-order valence-electron chi connectivity index (χ4n) is 1.52. The molecule has 1 rings (SSSR count). The molecule has 0 aliphatic heterocycles. The number of hydrogen-bond donors (Lipinski definition) is 2. The van der Waals surface area contributed by atoms with Crippen LogP contribution in [-0.4, -0.2) is 50.7 Å². The summed E-state index contributed by atoms with van der Waals surface area (Å²) in [5.74, 6) is 0.623. The number of ether oxygens (including phenoxy) is 1. The molecule has 0 saturated carbocycles. The molecule has 1 aromatic rings.